The highest BCUT2D eigenvalue weighted by atomic mass is 79.9. The predicted molar refractivity (Wildman–Crippen MR) is 79.9 cm³/mol. The van der Waals surface area contributed by atoms with Crippen molar-refractivity contribution in [3.63, 3.8) is 0 Å². The number of rotatable bonds is 2. The van der Waals surface area contributed by atoms with E-state index in [0.717, 1.165) is 30.3 Å². The summed E-state index contributed by atoms with van der Waals surface area (Å²) < 4.78 is 0. The van der Waals surface area contributed by atoms with Crippen molar-refractivity contribution in [2.24, 2.45) is 0 Å². The first kappa shape index (κ1) is 14.4. The van der Waals surface area contributed by atoms with Crippen LogP contribution in [-0.4, -0.2) is 33.8 Å². The summed E-state index contributed by atoms with van der Waals surface area (Å²) in [5, 5.41) is 10.4. The lowest BCUT2D eigenvalue weighted by atomic mass is 10.1. The fraction of sp³-hybridized carbons (Fsp3) is 0.533. The molecule has 4 heteroatoms. The largest absolute Gasteiger partial charge is 0.508 e. The third-order valence-corrected chi connectivity index (χ3v) is 4.51. The van der Waals surface area contributed by atoms with Crippen molar-refractivity contribution < 1.29 is 9.90 Å². The molecule has 1 saturated heterocycles. The Morgan fingerprint density at radius 2 is 2.21 bits per heavy atom. The number of aryl methyl sites for hydroxylation is 1. The van der Waals surface area contributed by atoms with Crippen LogP contribution in [0.15, 0.2) is 18.2 Å². The molecule has 1 aromatic carbocycles. The average Bonchev–Trinajstić information content (AvgIpc) is 2.66. The molecule has 1 aliphatic heterocycles. The number of phenols is 1. The van der Waals surface area contributed by atoms with Crippen LogP contribution >= 0.6 is 15.9 Å². The zero-order valence-electron chi connectivity index (χ0n) is 11.2. The van der Waals surface area contributed by atoms with E-state index in [1.165, 1.54) is 12.8 Å². The molecule has 0 saturated carbocycles. The van der Waals surface area contributed by atoms with Crippen molar-refractivity contribution >= 4 is 21.8 Å². The number of aromatic hydroxyl groups is 1. The Hall–Kier alpha value is -1.03. The van der Waals surface area contributed by atoms with Gasteiger partial charge in [0.1, 0.15) is 5.75 Å². The molecule has 3 nitrogen and oxygen atoms in total. The maximum Gasteiger partial charge on any atom is 0.254 e. The highest BCUT2D eigenvalue weighted by Gasteiger charge is 2.25. The second kappa shape index (κ2) is 6.42. The van der Waals surface area contributed by atoms with Crippen molar-refractivity contribution in [2.75, 3.05) is 11.9 Å². The third kappa shape index (κ3) is 3.30. The quantitative estimate of drug-likeness (QED) is 0.845. The van der Waals surface area contributed by atoms with Crippen LogP contribution in [0.2, 0.25) is 0 Å². The minimum absolute atomic E-state index is 0.0782. The number of halogens is 1. The number of carbonyl (C=O) groups excluding carboxylic acids is 1. The van der Waals surface area contributed by atoms with Gasteiger partial charge in [0.15, 0.2) is 0 Å². The number of alkyl halides is 1. The summed E-state index contributed by atoms with van der Waals surface area (Å²) in [6.45, 7) is 2.64. The monoisotopic (exact) mass is 325 g/mol. The van der Waals surface area contributed by atoms with E-state index in [9.17, 15) is 9.90 Å². The van der Waals surface area contributed by atoms with Crippen molar-refractivity contribution in [3.8, 4) is 5.75 Å². The molecule has 1 aromatic rings. The number of phenolic OH excluding ortho intramolecular Hbond substituents is 1. The van der Waals surface area contributed by atoms with Crippen LogP contribution in [0.1, 0.15) is 41.6 Å². The highest BCUT2D eigenvalue weighted by molar-refractivity contribution is 9.09. The lowest BCUT2D eigenvalue weighted by Gasteiger charge is -2.29. The number of amides is 1. The first-order valence-corrected chi connectivity index (χ1v) is 7.92. The maximum atomic E-state index is 12.6. The normalized spacial score (nSPS) is 20.1. The first-order chi connectivity index (χ1) is 9.13. The molecule has 1 heterocycles. The van der Waals surface area contributed by atoms with Gasteiger partial charge in [-0.2, -0.15) is 0 Å². The van der Waals surface area contributed by atoms with E-state index >= 15 is 0 Å². The molecule has 19 heavy (non-hydrogen) atoms. The van der Waals surface area contributed by atoms with Gasteiger partial charge in [-0.05, 0) is 43.5 Å². The summed E-state index contributed by atoms with van der Waals surface area (Å²) in [7, 11) is 0. The average molecular weight is 326 g/mol. The maximum absolute atomic E-state index is 12.6. The van der Waals surface area contributed by atoms with E-state index in [0.29, 0.717) is 5.56 Å². The van der Waals surface area contributed by atoms with Crippen LogP contribution in [0.25, 0.3) is 0 Å². The molecule has 2 rings (SSSR count). The van der Waals surface area contributed by atoms with E-state index in [1.54, 1.807) is 18.2 Å². The Bertz CT molecular complexity index is 461. The Labute approximate surface area is 122 Å². The minimum atomic E-state index is 0.0782. The minimum Gasteiger partial charge on any atom is -0.508 e. The van der Waals surface area contributed by atoms with Gasteiger partial charge >= 0.3 is 0 Å². The van der Waals surface area contributed by atoms with Crippen molar-refractivity contribution in [1.82, 2.24) is 4.90 Å². The van der Waals surface area contributed by atoms with Gasteiger partial charge in [-0.25, -0.2) is 0 Å². The fourth-order valence-corrected chi connectivity index (χ4v) is 3.23. The second-order valence-corrected chi connectivity index (χ2v) is 5.80. The van der Waals surface area contributed by atoms with Gasteiger partial charge in [0.25, 0.3) is 5.91 Å². The first-order valence-electron chi connectivity index (χ1n) is 6.80. The van der Waals surface area contributed by atoms with Crippen molar-refractivity contribution in [2.45, 2.75) is 38.6 Å². The van der Waals surface area contributed by atoms with E-state index in [-0.39, 0.29) is 17.7 Å². The molecule has 0 bridgehead atoms. The summed E-state index contributed by atoms with van der Waals surface area (Å²) in [6, 6.07) is 5.36. The predicted octanol–water partition coefficient (Wildman–Crippen LogP) is 3.48. The molecule has 104 valence electrons. The number of benzene rings is 1. The highest BCUT2D eigenvalue weighted by Crippen LogP contribution is 2.23. The standard InChI is InChI=1S/C15H20BrNO2/c1-11-9-12(6-7-14(11)18)15(19)17-8-4-2-3-5-13(17)10-16/h6-7,9,13,18H,2-5,8,10H2,1H3. The lowest BCUT2D eigenvalue weighted by molar-refractivity contribution is 0.0702. The van der Waals surface area contributed by atoms with Crippen LogP contribution < -0.4 is 0 Å². The van der Waals surface area contributed by atoms with Gasteiger partial charge in [-0.15, -0.1) is 0 Å². The second-order valence-electron chi connectivity index (χ2n) is 5.16. The lowest BCUT2D eigenvalue weighted by Crippen LogP contribution is -2.41. The summed E-state index contributed by atoms with van der Waals surface area (Å²) in [5.41, 5.74) is 1.42. The van der Waals surface area contributed by atoms with Gasteiger partial charge in [0.2, 0.25) is 0 Å². The Balaban J connectivity index is 2.22. The van der Waals surface area contributed by atoms with Crippen LogP contribution in [0.4, 0.5) is 0 Å². The Kier molecular flexibility index (Phi) is 4.86. The van der Waals surface area contributed by atoms with Gasteiger partial charge in [-0.1, -0.05) is 28.8 Å². The molecular weight excluding hydrogens is 306 g/mol. The molecule has 1 fully saturated rings. The number of likely N-dealkylation sites (tertiary alicyclic amines) is 1. The molecule has 0 spiro atoms. The number of carbonyl (C=O) groups is 1. The summed E-state index contributed by atoms with van der Waals surface area (Å²) in [4.78, 5) is 14.6. The third-order valence-electron chi connectivity index (χ3n) is 3.76. The van der Waals surface area contributed by atoms with Gasteiger partial charge in [0.05, 0.1) is 0 Å². The smallest absolute Gasteiger partial charge is 0.254 e. The zero-order chi connectivity index (χ0) is 13.8. The van der Waals surface area contributed by atoms with E-state index in [1.807, 2.05) is 11.8 Å². The summed E-state index contributed by atoms with van der Waals surface area (Å²) in [6.07, 6.45) is 4.52. The molecule has 0 aromatic heterocycles. The summed E-state index contributed by atoms with van der Waals surface area (Å²) >= 11 is 3.52. The van der Waals surface area contributed by atoms with Crippen molar-refractivity contribution in [3.05, 3.63) is 29.3 Å². The molecule has 1 amide bonds. The van der Waals surface area contributed by atoms with Crippen LogP contribution in [0.5, 0.6) is 5.75 Å². The van der Waals surface area contributed by atoms with Gasteiger partial charge in [-0.3, -0.25) is 4.79 Å². The molecule has 1 N–H and O–H groups in total. The SMILES string of the molecule is Cc1cc(C(=O)N2CCCCCC2CBr)ccc1O. The molecule has 1 unspecified atom stereocenters. The number of hydrogen-bond donors (Lipinski definition) is 1. The Morgan fingerprint density at radius 3 is 2.89 bits per heavy atom. The molecule has 0 radical (unpaired) electrons. The number of nitrogens with zero attached hydrogens (tertiary/aromatic N) is 1. The van der Waals surface area contributed by atoms with Crippen molar-refractivity contribution in [1.29, 1.82) is 0 Å². The van der Waals surface area contributed by atoms with Crippen LogP contribution in [0.3, 0.4) is 0 Å². The molecule has 1 aliphatic rings. The summed E-state index contributed by atoms with van der Waals surface area (Å²) in [5.74, 6) is 0.318. The van der Waals surface area contributed by atoms with Crippen LogP contribution in [0, 0.1) is 6.92 Å². The fourth-order valence-electron chi connectivity index (χ4n) is 2.56. The number of hydrogen-bond acceptors (Lipinski definition) is 2. The molecular formula is C15H20BrNO2. The van der Waals surface area contributed by atoms with E-state index < -0.39 is 0 Å². The van der Waals surface area contributed by atoms with Crippen LogP contribution in [-0.2, 0) is 0 Å². The topological polar surface area (TPSA) is 40.5 Å². The zero-order valence-corrected chi connectivity index (χ0v) is 12.8. The van der Waals surface area contributed by atoms with Gasteiger partial charge < -0.3 is 10.0 Å². The Morgan fingerprint density at radius 1 is 1.42 bits per heavy atom. The molecule has 1 atom stereocenters. The van der Waals surface area contributed by atoms with E-state index in [4.69, 9.17) is 0 Å². The van der Waals surface area contributed by atoms with Gasteiger partial charge in [0, 0.05) is 23.5 Å². The molecule has 0 aliphatic carbocycles. The van der Waals surface area contributed by atoms with E-state index in [2.05, 4.69) is 15.9 Å².